The van der Waals surface area contributed by atoms with E-state index in [1.807, 2.05) is 12.1 Å². The van der Waals surface area contributed by atoms with Gasteiger partial charge in [0, 0.05) is 20.5 Å². The number of rotatable bonds is 7. The standard InChI is InChI=1S/C14H19Br3O2S/c1-11(2)20(18,19)7-6-14(9-15,10-16)12-4-3-5-13(17)8-12/h3-5,8,11H,6-7,9-10H2,1-2H3. The Kier molecular flexibility index (Phi) is 7.23. The van der Waals surface area contributed by atoms with Gasteiger partial charge in [0.05, 0.1) is 11.0 Å². The molecule has 0 amide bonds. The topological polar surface area (TPSA) is 34.1 Å². The number of alkyl halides is 2. The Balaban J connectivity index is 3.05. The predicted octanol–water partition coefficient (Wildman–Crippen LogP) is 4.69. The largest absolute Gasteiger partial charge is 0.229 e. The molecule has 1 aromatic carbocycles. The summed E-state index contributed by atoms with van der Waals surface area (Å²) >= 11 is 10.6. The van der Waals surface area contributed by atoms with Crippen LogP contribution in [0.25, 0.3) is 0 Å². The molecule has 0 fully saturated rings. The van der Waals surface area contributed by atoms with E-state index >= 15 is 0 Å². The normalized spacial score (nSPS) is 12.9. The summed E-state index contributed by atoms with van der Waals surface area (Å²) in [6, 6.07) is 8.07. The zero-order valence-corrected chi connectivity index (χ0v) is 17.1. The smallest absolute Gasteiger partial charge is 0.152 e. The highest BCUT2D eigenvalue weighted by Gasteiger charge is 2.32. The minimum absolute atomic E-state index is 0.203. The average Bonchev–Trinajstić information content (AvgIpc) is 2.40. The fourth-order valence-corrected chi connectivity index (χ4v) is 5.54. The van der Waals surface area contributed by atoms with Gasteiger partial charge in [-0.15, -0.1) is 0 Å². The molecule has 20 heavy (non-hydrogen) atoms. The Labute approximate surface area is 147 Å². The predicted molar refractivity (Wildman–Crippen MR) is 96.9 cm³/mol. The van der Waals surface area contributed by atoms with Crippen molar-refractivity contribution in [2.24, 2.45) is 0 Å². The number of benzene rings is 1. The molecule has 0 N–H and O–H groups in total. The maximum Gasteiger partial charge on any atom is 0.152 e. The third-order valence-corrected chi connectivity index (χ3v) is 8.38. The van der Waals surface area contributed by atoms with Gasteiger partial charge in [-0.3, -0.25) is 0 Å². The second kappa shape index (κ2) is 7.75. The Bertz CT molecular complexity index is 537. The molecule has 0 aliphatic heterocycles. The van der Waals surface area contributed by atoms with Gasteiger partial charge >= 0.3 is 0 Å². The highest BCUT2D eigenvalue weighted by molar-refractivity contribution is 9.10. The fourth-order valence-electron chi connectivity index (χ4n) is 1.86. The summed E-state index contributed by atoms with van der Waals surface area (Å²) in [5.74, 6) is 0.203. The van der Waals surface area contributed by atoms with Crippen LogP contribution in [0.4, 0.5) is 0 Å². The van der Waals surface area contributed by atoms with Gasteiger partial charge in [-0.25, -0.2) is 8.42 Å². The zero-order chi connectivity index (χ0) is 15.4. The lowest BCUT2D eigenvalue weighted by molar-refractivity contribution is 0.520. The molecule has 0 bridgehead atoms. The van der Waals surface area contributed by atoms with Crippen molar-refractivity contribution < 1.29 is 8.42 Å². The molecule has 0 aromatic heterocycles. The van der Waals surface area contributed by atoms with E-state index in [4.69, 9.17) is 0 Å². The molecule has 0 heterocycles. The zero-order valence-electron chi connectivity index (χ0n) is 11.6. The first kappa shape index (κ1) is 18.7. The van der Waals surface area contributed by atoms with Crippen molar-refractivity contribution in [1.29, 1.82) is 0 Å². The van der Waals surface area contributed by atoms with Crippen molar-refractivity contribution in [3.05, 3.63) is 34.3 Å². The SMILES string of the molecule is CC(C)S(=O)(=O)CCC(CBr)(CBr)c1cccc(Br)c1. The second-order valence-corrected chi connectivity index (χ2v) is 9.94. The van der Waals surface area contributed by atoms with Crippen LogP contribution in [-0.2, 0) is 15.3 Å². The molecule has 1 rings (SSSR count). The summed E-state index contributed by atoms with van der Waals surface area (Å²) < 4.78 is 25.1. The van der Waals surface area contributed by atoms with E-state index < -0.39 is 9.84 Å². The van der Waals surface area contributed by atoms with Gasteiger partial charge in [-0.1, -0.05) is 59.9 Å². The third kappa shape index (κ3) is 4.55. The summed E-state index contributed by atoms with van der Waals surface area (Å²) in [6.07, 6.45) is 0.598. The van der Waals surface area contributed by atoms with Gasteiger partial charge in [0.2, 0.25) is 0 Å². The summed E-state index contributed by atoms with van der Waals surface area (Å²) in [6.45, 7) is 3.47. The lowest BCUT2D eigenvalue weighted by Gasteiger charge is -2.31. The number of halogens is 3. The van der Waals surface area contributed by atoms with E-state index in [-0.39, 0.29) is 16.4 Å². The van der Waals surface area contributed by atoms with Crippen LogP contribution in [0.3, 0.4) is 0 Å². The van der Waals surface area contributed by atoms with Gasteiger partial charge in [-0.2, -0.15) is 0 Å². The summed E-state index contributed by atoms with van der Waals surface area (Å²) in [5, 5.41) is 1.11. The van der Waals surface area contributed by atoms with Crippen LogP contribution in [0.2, 0.25) is 0 Å². The molecule has 0 atom stereocenters. The van der Waals surface area contributed by atoms with Crippen molar-refractivity contribution in [2.75, 3.05) is 16.4 Å². The molecule has 0 unspecified atom stereocenters. The number of hydrogen-bond donors (Lipinski definition) is 0. The monoisotopic (exact) mass is 488 g/mol. The molecule has 0 saturated heterocycles. The number of hydrogen-bond acceptors (Lipinski definition) is 2. The minimum atomic E-state index is -3.02. The maximum atomic E-state index is 12.1. The molecule has 114 valence electrons. The van der Waals surface area contributed by atoms with Crippen LogP contribution in [0, 0.1) is 0 Å². The van der Waals surface area contributed by atoms with Gasteiger partial charge in [0.15, 0.2) is 9.84 Å². The first-order chi connectivity index (χ1) is 9.27. The van der Waals surface area contributed by atoms with Crippen LogP contribution in [0.5, 0.6) is 0 Å². The van der Waals surface area contributed by atoms with E-state index in [2.05, 4.69) is 59.9 Å². The summed E-state index contributed by atoms with van der Waals surface area (Å²) in [5.41, 5.74) is 0.922. The van der Waals surface area contributed by atoms with E-state index in [9.17, 15) is 8.42 Å². The highest BCUT2D eigenvalue weighted by atomic mass is 79.9. The van der Waals surface area contributed by atoms with Crippen molar-refractivity contribution in [1.82, 2.24) is 0 Å². The van der Waals surface area contributed by atoms with Crippen LogP contribution in [-0.4, -0.2) is 30.1 Å². The quantitative estimate of drug-likeness (QED) is 0.519. The third-order valence-electron chi connectivity index (χ3n) is 3.53. The molecule has 0 aliphatic rings. The molecule has 0 spiro atoms. The van der Waals surface area contributed by atoms with Crippen molar-refractivity contribution in [3.63, 3.8) is 0 Å². The molecule has 2 nitrogen and oxygen atoms in total. The van der Waals surface area contributed by atoms with Crippen molar-refractivity contribution in [2.45, 2.75) is 30.9 Å². The Hall–Kier alpha value is 0.610. The van der Waals surface area contributed by atoms with Gasteiger partial charge in [0.25, 0.3) is 0 Å². The van der Waals surface area contributed by atoms with Crippen LogP contribution in [0.15, 0.2) is 28.7 Å². The molecular weight excluding hydrogens is 472 g/mol. The summed E-state index contributed by atoms with van der Waals surface area (Å²) in [7, 11) is -3.02. The van der Waals surface area contributed by atoms with E-state index in [1.165, 1.54) is 0 Å². The molecule has 6 heteroatoms. The van der Waals surface area contributed by atoms with Crippen molar-refractivity contribution in [3.8, 4) is 0 Å². The van der Waals surface area contributed by atoms with Gasteiger partial charge < -0.3 is 0 Å². The Morgan fingerprint density at radius 3 is 2.25 bits per heavy atom. The summed E-state index contributed by atoms with van der Waals surface area (Å²) in [4.78, 5) is 0. The van der Waals surface area contributed by atoms with E-state index in [0.717, 1.165) is 20.7 Å². The van der Waals surface area contributed by atoms with Crippen molar-refractivity contribution >= 4 is 57.6 Å². The molecule has 0 aliphatic carbocycles. The van der Waals surface area contributed by atoms with E-state index in [1.54, 1.807) is 13.8 Å². The molecule has 0 saturated carbocycles. The minimum Gasteiger partial charge on any atom is -0.229 e. The van der Waals surface area contributed by atoms with Crippen LogP contribution < -0.4 is 0 Å². The van der Waals surface area contributed by atoms with Gasteiger partial charge in [0.1, 0.15) is 0 Å². The fraction of sp³-hybridized carbons (Fsp3) is 0.571. The first-order valence-electron chi connectivity index (χ1n) is 6.37. The second-order valence-electron chi connectivity index (χ2n) is 5.22. The average molecular weight is 491 g/mol. The first-order valence-corrected chi connectivity index (χ1v) is 11.1. The number of sulfone groups is 1. The Morgan fingerprint density at radius 2 is 1.80 bits per heavy atom. The van der Waals surface area contributed by atoms with E-state index in [0.29, 0.717) is 6.42 Å². The maximum absolute atomic E-state index is 12.1. The lowest BCUT2D eigenvalue weighted by atomic mass is 9.82. The van der Waals surface area contributed by atoms with Crippen LogP contribution in [0.1, 0.15) is 25.8 Å². The van der Waals surface area contributed by atoms with Crippen LogP contribution >= 0.6 is 47.8 Å². The molecule has 1 aromatic rings. The highest BCUT2D eigenvalue weighted by Crippen LogP contribution is 2.34. The van der Waals surface area contributed by atoms with Gasteiger partial charge in [-0.05, 0) is 38.0 Å². The molecular formula is C14H19Br3O2S. The Morgan fingerprint density at radius 1 is 1.20 bits per heavy atom. The lowest BCUT2D eigenvalue weighted by Crippen LogP contribution is -2.34. The molecule has 0 radical (unpaired) electrons.